The molecule has 0 aliphatic carbocycles. The lowest BCUT2D eigenvalue weighted by Crippen LogP contribution is -2.45. The summed E-state index contributed by atoms with van der Waals surface area (Å²) in [6.45, 7) is 7.34. The van der Waals surface area contributed by atoms with Crippen molar-refractivity contribution in [2.75, 3.05) is 13.2 Å². The van der Waals surface area contributed by atoms with E-state index in [2.05, 4.69) is 20.6 Å². The molecule has 2 heterocycles. The minimum absolute atomic E-state index is 0.0182. The van der Waals surface area contributed by atoms with E-state index < -0.39 is 6.10 Å². The van der Waals surface area contributed by atoms with E-state index in [1.807, 2.05) is 20.8 Å². The molecule has 4 N–H and O–H groups in total. The lowest BCUT2D eigenvalue weighted by molar-refractivity contribution is -0.123. The molecule has 22 heavy (non-hydrogen) atoms. The lowest BCUT2D eigenvalue weighted by atomic mass is 9.92. The fourth-order valence-corrected chi connectivity index (χ4v) is 2.42. The fraction of sp³-hybridized carbons (Fsp3) is 0.733. The molecule has 1 aliphatic heterocycles. The molecular formula is C15H26N4O3. The van der Waals surface area contributed by atoms with E-state index in [4.69, 9.17) is 4.74 Å². The van der Waals surface area contributed by atoms with Crippen molar-refractivity contribution in [3.05, 3.63) is 18.2 Å². The highest BCUT2D eigenvalue weighted by atomic mass is 16.5. The number of aromatic nitrogens is 2. The Labute approximate surface area is 130 Å². The summed E-state index contributed by atoms with van der Waals surface area (Å²) in [5, 5.41) is 16.3. The Bertz CT molecular complexity index is 470. The van der Waals surface area contributed by atoms with Gasteiger partial charge in [-0.15, -0.1) is 0 Å². The number of rotatable bonds is 6. The van der Waals surface area contributed by atoms with Gasteiger partial charge in [0, 0.05) is 25.4 Å². The topological polar surface area (TPSA) is 99.3 Å². The van der Waals surface area contributed by atoms with Gasteiger partial charge in [0.15, 0.2) is 0 Å². The largest absolute Gasteiger partial charge is 0.389 e. The van der Waals surface area contributed by atoms with Crippen LogP contribution in [0.15, 0.2) is 12.4 Å². The predicted octanol–water partition coefficient (Wildman–Crippen LogP) is 0.180. The Morgan fingerprint density at radius 3 is 2.95 bits per heavy atom. The number of hydrogen-bond acceptors (Lipinski definition) is 5. The number of imidazole rings is 1. The first-order chi connectivity index (χ1) is 10.3. The van der Waals surface area contributed by atoms with Gasteiger partial charge in [0.25, 0.3) is 0 Å². The van der Waals surface area contributed by atoms with E-state index in [0.717, 1.165) is 5.82 Å². The number of carbonyl (C=O) groups is 1. The third kappa shape index (κ3) is 5.08. The Kier molecular flexibility index (Phi) is 5.55. The van der Waals surface area contributed by atoms with Crippen LogP contribution in [0.5, 0.6) is 0 Å². The highest BCUT2D eigenvalue weighted by molar-refractivity contribution is 5.76. The van der Waals surface area contributed by atoms with Crippen molar-refractivity contribution in [1.29, 1.82) is 0 Å². The van der Waals surface area contributed by atoms with Crippen LogP contribution in [0.3, 0.4) is 0 Å². The minimum atomic E-state index is -0.648. The van der Waals surface area contributed by atoms with Gasteiger partial charge in [0.05, 0.1) is 25.3 Å². The van der Waals surface area contributed by atoms with Gasteiger partial charge < -0.3 is 25.5 Å². The van der Waals surface area contributed by atoms with E-state index >= 15 is 0 Å². The molecule has 1 aliphatic rings. The first-order valence-corrected chi connectivity index (χ1v) is 7.63. The second kappa shape index (κ2) is 7.21. The van der Waals surface area contributed by atoms with E-state index in [0.29, 0.717) is 26.1 Å². The van der Waals surface area contributed by atoms with Crippen molar-refractivity contribution in [2.24, 2.45) is 5.41 Å². The van der Waals surface area contributed by atoms with Crippen molar-refractivity contribution in [3.63, 3.8) is 0 Å². The number of aliphatic hydroxyl groups excluding tert-OH is 1. The monoisotopic (exact) mass is 310 g/mol. The van der Waals surface area contributed by atoms with Crippen LogP contribution in [0, 0.1) is 5.41 Å². The standard InChI is InChI=1S/C15H26N4O3/c1-15(2,3)6-13(20)19-7-11-14(21)10(9-22-11)18-8-12-16-4-5-17-12/h4-5,10-11,14,18,21H,6-9H2,1-3H3,(H,16,17)(H,19,20). The molecule has 0 spiro atoms. The Balaban J connectivity index is 1.71. The minimum Gasteiger partial charge on any atom is -0.389 e. The van der Waals surface area contributed by atoms with Crippen molar-refractivity contribution < 1.29 is 14.6 Å². The van der Waals surface area contributed by atoms with Gasteiger partial charge in [-0.2, -0.15) is 0 Å². The van der Waals surface area contributed by atoms with Crippen molar-refractivity contribution >= 4 is 5.91 Å². The van der Waals surface area contributed by atoms with Crippen molar-refractivity contribution in [2.45, 2.75) is 52.0 Å². The Morgan fingerprint density at radius 1 is 1.55 bits per heavy atom. The number of ether oxygens (including phenoxy) is 1. The van der Waals surface area contributed by atoms with Gasteiger partial charge in [0.1, 0.15) is 11.9 Å². The van der Waals surface area contributed by atoms with Crippen LogP contribution < -0.4 is 10.6 Å². The molecule has 0 radical (unpaired) electrons. The summed E-state index contributed by atoms with van der Waals surface area (Å²) in [4.78, 5) is 18.9. The number of H-pyrrole nitrogens is 1. The summed E-state index contributed by atoms with van der Waals surface area (Å²) in [7, 11) is 0. The molecule has 1 aromatic heterocycles. The predicted molar refractivity (Wildman–Crippen MR) is 82.0 cm³/mol. The zero-order valence-corrected chi connectivity index (χ0v) is 13.4. The van der Waals surface area contributed by atoms with Crippen LogP contribution in [-0.2, 0) is 16.1 Å². The molecule has 1 fully saturated rings. The Morgan fingerprint density at radius 2 is 2.32 bits per heavy atom. The average molecular weight is 310 g/mol. The number of aliphatic hydroxyl groups is 1. The van der Waals surface area contributed by atoms with Gasteiger partial charge in [-0.1, -0.05) is 20.8 Å². The maximum Gasteiger partial charge on any atom is 0.220 e. The van der Waals surface area contributed by atoms with Gasteiger partial charge in [0.2, 0.25) is 5.91 Å². The molecule has 0 bridgehead atoms. The summed E-state index contributed by atoms with van der Waals surface area (Å²) in [6, 6.07) is -0.158. The molecule has 124 valence electrons. The SMILES string of the molecule is CC(C)(C)CC(=O)NCC1OCC(NCc2ncc[nH]2)C1O. The zero-order chi connectivity index (χ0) is 16.2. The molecule has 0 saturated carbocycles. The van der Waals surface area contributed by atoms with Gasteiger partial charge in [-0.05, 0) is 5.41 Å². The van der Waals surface area contributed by atoms with Gasteiger partial charge in [-0.3, -0.25) is 4.79 Å². The Hall–Kier alpha value is -1.44. The first-order valence-electron chi connectivity index (χ1n) is 7.63. The summed E-state index contributed by atoms with van der Waals surface area (Å²) >= 11 is 0. The van der Waals surface area contributed by atoms with E-state index in [-0.39, 0.29) is 23.5 Å². The highest BCUT2D eigenvalue weighted by Crippen LogP contribution is 2.18. The molecule has 7 nitrogen and oxygen atoms in total. The maximum atomic E-state index is 11.8. The second-order valence-electron chi connectivity index (χ2n) is 6.93. The van der Waals surface area contributed by atoms with Crippen LogP contribution in [0.1, 0.15) is 33.0 Å². The number of nitrogens with one attached hydrogen (secondary N) is 3. The number of hydrogen-bond donors (Lipinski definition) is 4. The van der Waals surface area contributed by atoms with Crippen LogP contribution in [-0.4, -0.2) is 52.4 Å². The molecule has 0 aromatic carbocycles. The molecule has 3 unspecified atom stereocenters. The second-order valence-corrected chi connectivity index (χ2v) is 6.93. The van der Waals surface area contributed by atoms with Crippen LogP contribution >= 0.6 is 0 Å². The molecule has 1 amide bonds. The number of amides is 1. The third-order valence-corrected chi connectivity index (χ3v) is 3.56. The molecule has 7 heteroatoms. The molecule has 1 aromatic rings. The summed E-state index contributed by atoms with van der Waals surface area (Å²) in [5.74, 6) is 0.796. The maximum absolute atomic E-state index is 11.8. The molecule has 3 atom stereocenters. The zero-order valence-electron chi connectivity index (χ0n) is 13.4. The molecular weight excluding hydrogens is 284 g/mol. The summed E-state index contributed by atoms with van der Waals surface area (Å²) in [5.41, 5.74) is -0.0492. The number of aromatic amines is 1. The molecule has 1 saturated heterocycles. The van der Waals surface area contributed by atoms with Gasteiger partial charge >= 0.3 is 0 Å². The van der Waals surface area contributed by atoms with E-state index in [1.165, 1.54) is 0 Å². The highest BCUT2D eigenvalue weighted by Gasteiger charge is 2.35. The number of carbonyl (C=O) groups excluding carboxylic acids is 1. The smallest absolute Gasteiger partial charge is 0.220 e. The van der Waals surface area contributed by atoms with Crippen LogP contribution in [0.2, 0.25) is 0 Å². The summed E-state index contributed by atoms with van der Waals surface area (Å²) in [6.07, 6.45) is 2.87. The van der Waals surface area contributed by atoms with Gasteiger partial charge in [-0.25, -0.2) is 4.98 Å². The average Bonchev–Trinajstić information content (AvgIpc) is 3.02. The number of nitrogens with zero attached hydrogens (tertiary/aromatic N) is 1. The lowest BCUT2D eigenvalue weighted by Gasteiger charge is -2.20. The fourth-order valence-electron chi connectivity index (χ4n) is 2.42. The summed E-state index contributed by atoms with van der Waals surface area (Å²) < 4.78 is 5.57. The quantitative estimate of drug-likeness (QED) is 0.601. The normalized spacial score (nSPS) is 25.4. The van der Waals surface area contributed by atoms with E-state index in [9.17, 15) is 9.90 Å². The third-order valence-electron chi connectivity index (χ3n) is 3.56. The van der Waals surface area contributed by atoms with Crippen molar-refractivity contribution in [1.82, 2.24) is 20.6 Å². The van der Waals surface area contributed by atoms with Crippen molar-refractivity contribution in [3.8, 4) is 0 Å². The van der Waals surface area contributed by atoms with E-state index in [1.54, 1.807) is 12.4 Å². The van der Waals surface area contributed by atoms with Crippen LogP contribution in [0.4, 0.5) is 0 Å². The molecule has 2 rings (SSSR count). The van der Waals surface area contributed by atoms with Crippen LogP contribution in [0.25, 0.3) is 0 Å². The first kappa shape index (κ1) is 16.9.